The molecular weight excluding hydrogens is 382 g/mol. The Balaban J connectivity index is 1.75. The number of amides is 2. The Morgan fingerprint density at radius 1 is 1.24 bits per heavy atom. The van der Waals surface area contributed by atoms with E-state index < -0.39 is 5.91 Å². The molecule has 0 unspecified atom stereocenters. The van der Waals surface area contributed by atoms with Crippen molar-refractivity contribution in [3.05, 3.63) is 51.7 Å². The molecule has 3 N–H and O–H groups in total. The van der Waals surface area contributed by atoms with Crippen LogP contribution < -0.4 is 15.8 Å². The molecule has 0 aliphatic carbocycles. The summed E-state index contributed by atoms with van der Waals surface area (Å²) in [6, 6.07) is 10.3. The van der Waals surface area contributed by atoms with Gasteiger partial charge in [0.05, 0.1) is 20.5 Å². The van der Waals surface area contributed by atoms with E-state index in [0.717, 1.165) is 10.6 Å². The number of thiophene rings is 1. The predicted octanol–water partition coefficient (Wildman–Crippen LogP) is 3.64. The van der Waals surface area contributed by atoms with Crippen LogP contribution in [0.2, 0.25) is 4.34 Å². The summed E-state index contributed by atoms with van der Waals surface area (Å²) in [7, 11) is 0. The molecule has 0 saturated carbocycles. The zero-order chi connectivity index (χ0) is 17.8. The van der Waals surface area contributed by atoms with E-state index in [0.29, 0.717) is 15.0 Å². The lowest BCUT2D eigenvalue weighted by atomic mass is 10.2. The summed E-state index contributed by atoms with van der Waals surface area (Å²) in [4.78, 5) is 28.6. The largest absolute Gasteiger partial charge is 0.483 e. The molecular formula is C16H12ClN3O3S2. The third-order valence-electron chi connectivity index (χ3n) is 3.05. The van der Waals surface area contributed by atoms with E-state index in [9.17, 15) is 9.59 Å². The lowest BCUT2D eigenvalue weighted by molar-refractivity contribution is -0.119. The molecule has 2 amide bonds. The number of benzene rings is 1. The van der Waals surface area contributed by atoms with Crippen molar-refractivity contribution in [2.75, 3.05) is 11.9 Å². The first-order valence-corrected chi connectivity index (χ1v) is 9.13. The van der Waals surface area contributed by atoms with Gasteiger partial charge in [0, 0.05) is 5.38 Å². The topological polar surface area (TPSA) is 94.3 Å². The summed E-state index contributed by atoms with van der Waals surface area (Å²) in [5.74, 6) is -0.722. The second-order valence-electron chi connectivity index (χ2n) is 4.85. The predicted molar refractivity (Wildman–Crippen MR) is 99.5 cm³/mol. The summed E-state index contributed by atoms with van der Waals surface area (Å²) in [5, 5.41) is 5.02. The monoisotopic (exact) mass is 393 g/mol. The Hall–Kier alpha value is -2.42. The average Bonchev–Trinajstić information content (AvgIpc) is 3.22. The Bertz CT molecular complexity index is 923. The average molecular weight is 394 g/mol. The van der Waals surface area contributed by atoms with E-state index in [1.54, 1.807) is 30.3 Å². The second-order valence-corrected chi connectivity index (χ2v) is 7.42. The molecule has 0 aliphatic heterocycles. The van der Waals surface area contributed by atoms with Gasteiger partial charge in [0.1, 0.15) is 5.75 Å². The van der Waals surface area contributed by atoms with Gasteiger partial charge in [-0.15, -0.1) is 22.7 Å². The van der Waals surface area contributed by atoms with Crippen LogP contribution >= 0.6 is 34.3 Å². The molecule has 1 aromatic carbocycles. The maximum atomic E-state index is 12.5. The van der Waals surface area contributed by atoms with Crippen LogP contribution in [0.1, 0.15) is 10.4 Å². The highest BCUT2D eigenvalue weighted by Gasteiger charge is 2.15. The number of nitrogens with one attached hydrogen (secondary N) is 1. The van der Waals surface area contributed by atoms with E-state index in [2.05, 4.69) is 10.3 Å². The van der Waals surface area contributed by atoms with Gasteiger partial charge in [-0.25, -0.2) is 4.98 Å². The lowest BCUT2D eigenvalue weighted by Gasteiger charge is -2.09. The number of nitrogens with two attached hydrogens (primary N) is 1. The van der Waals surface area contributed by atoms with Gasteiger partial charge in [-0.3, -0.25) is 14.9 Å². The summed E-state index contributed by atoms with van der Waals surface area (Å²) in [6.07, 6.45) is 0. The van der Waals surface area contributed by atoms with Crippen LogP contribution in [0.5, 0.6) is 5.75 Å². The zero-order valence-corrected chi connectivity index (χ0v) is 15.1. The maximum Gasteiger partial charge on any atom is 0.261 e. The molecule has 0 bridgehead atoms. The highest BCUT2D eigenvalue weighted by Crippen LogP contribution is 2.33. The number of carbonyl (C=O) groups excluding carboxylic acids is 2. The fourth-order valence-corrected chi connectivity index (χ4v) is 3.77. The van der Waals surface area contributed by atoms with E-state index in [1.807, 2.05) is 11.4 Å². The zero-order valence-electron chi connectivity index (χ0n) is 12.7. The summed E-state index contributed by atoms with van der Waals surface area (Å²) < 4.78 is 5.94. The molecule has 0 radical (unpaired) electrons. The van der Waals surface area contributed by atoms with Crippen LogP contribution in [0.25, 0.3) is 10.6 Å². The number of rotatable bonds is 6. The highest BCUT2D eigenvalue weighted by molar-refractivity contribution is 7.20. The quantitative estimate of drug-likeness (QED) is 0.668. The molecule has 3 rings (SSSR count). The Labute approximate surface area is 156 Å². The van der Waals surface area contributed by atoms with Crippen LogP contribution in [-0.2, 0) is 4.79 Å². The minimum absolute atomic E-state index is 0.278. The van der Waals surface area contributed by atoms with Gasteiger partial charge in [0.2, 0.25) is 0 Å². The van der Waals surface area contributed by atoms with Crippen molar-refractivity contribution in [1.82, 2.24) is 4.98 Å². The van der Waals surface area contributed by atoms with Gasteiger partial charge in [-0.05, 0) is 24.3 Å². The number of anilines is 1. The number of thiazole rings is 1. The first-order chi connectivity index (χ1) is 12.0. The number of carbonyl (C=O) groups is 2. The van der Waals surface area contributed by atoms with Crippen molar-refractivity contribution in [2.45, 2.75) is 0 Å². The summed E-state index contributed by atoms with van der Waals surface area (Å²) >= 11 is 8.65. The van der Waals surface area contributed by atoms with E-state index in [-0.39, 0.29) is 18.3 Å². The first kappa shape index (κ1) is 17.4. The molecule has 3 aromatic rings. The van der Waals surface area contributed by atoms with Gasteiger partial charge in [0.25, 0.3) is 11.8 Å². The van der Waals surface area contributed by atoms with Crippen molar-refractivity contribution in [3.63, 3.8) is 0 Å². The number of primary amides is 1. The van der Waals surface area contributed by atoms with E-state index in [4.69, 9.17) is 22.1 Å². The second kappa shape index (κ2) is 7.64. The number of nitrogens with zero attached hydrogens (tertiary/aromatic N) is 1. The number of ether oxygens (including phenoxy) is 1. The summed E-state index contributed by atoms with van der Waals surface area (Å²) in [6.45, 7) is -0.301. The maximum absolute atomic E-state index is 12.5. The number of hydrogen-bond acceptors (Lipinski definition) is 6. The molecule has 2 aromatic heterocycles. The lowest BCUT2D eigenvalue weighted by Crippen LogP contribution is -2.21. The van der Waals surface area contributed by atoms with Crippen LogP contribution in [0, 0.1) is 0 Å². The normalized spacial score (nSPS) is 10.4. The fraction of sp³-hybridized carbons (Fsp3) is 0.0625. The third-order valence-corrected chi connectivity index (χ3v) is 5.06. The number of halogens is 1. The Morgan fingerprint density at radius 2 is 2.04 bits per heavy atom. The van der Waals surface area contributed by atoms with E-state index in [1.165, 1.54) is 22.7 Å². The van der Waals surface area contributed by atoms with Gasteiger partial charge in [-0.1, -0.05) is 23.7 Å². The molecule has 6 nitrogen and oxygen atoms in total. The van der Waals surface area contributed by atoms with Gasteiger partial charge in [-0.2, -0.15) is 0 Å². The molecule has 0 atom stereocenters. The first-order valence-electron chi connectivity index (χ1n) is 7.05. The smallest absolute Gasteiger partial charge is 0.261 e. The molecule has 2 heterocycles. The van der Waals surface area contributed by atoms with Gasteiger partial charge < -0.3 is 10.5 Å². The minimum atomic E-state index is -0.616. The van der Waals surface area contributed by atoms with Crippen molar-refractivity contribution in [3.8, 4) is 16.3 Å². The van der Waals surface area contributed by atoms with Gasteiger partial charge in [0.15, 0.2) is 11.7 Å². The van der Waals surface area contributed by atoms with E-state index >= 15 is 0 Å². The van der Waals surface area contributed by atoms with Crippen molar-refractivity contribution in [2.24, 2.45) is 5.73 Å². The van der Waals surface area contributed by atoms with Crippen LogP contribution in [0.4, 0.5) is 5.13 Å². The summed E-state index contributed by atoms with van der Waals surface area (Å²) in [5.41, 5.74) is 6.11. The third kappa shape index (κ3) is 4.36. The number of hydrogen-bond donors (Lipinski definition) is 2. The Kier molecular flexibility index (Phi) is 5.32. The molecule has 0 saturated heterocycles. The molecule has 0 fully saturated rings. The van der Waals surface area contributed by atoms with Crippen LogP contribution in [0.15, 0.2) is 41.8 Å². The number of aromatic nitrogens is 1. The number of para-hydroxylation sites is 1. The molecule has 9 heteroatoms. The van der Waals surface area contributed by atoms with Crippen molar-refractivity contribution >= 4 is 51.2 Å². The fourth-order valence-electron chi connectivity index (χ4n) is 1.99. The van der Waals surface area contributed by atoms with Crippen LogP contribution in [0.3, 0.4) is 0 Å². The standard InChI is InChI=1S/C16H12ClN3O3S2/c17-13-6-5-12(25-13)10-8-24-16(19-10)20-15(22)9-3-1-2-4-11(9)23-7-14(18)21/h1-6,8H,7H2,(H2,18,21)(H,19,20,22). The van der Waals surface area contributed by atoms with Gasteiger partial charge >= 0.3 is 0 Å². The Morgan fingerprint density at radius 3 is 2.76 bits per heavy atom. The van der Waals surface area contributed by atoms with Crippen molar-refractivity contribution < 1.29 is 14.3 Å². The van der Waals surface area contributed by atoms with Crippen molar-refractivity contribution in [1.29, 1.82) is 0 Å². The molecule has 25 heavy (non-hydrogen) atoms. The SMILES string of the molecule is NC(=O)COc1ccccc1C(=O)Nc1nc(-c2ccc(Cl)s2)cs1. The minimum Gasteiger partial charge on any atom is -0.483 e. The molecule has 0 aliphatic rings. The van der Waals surface area contributed by atoms with Crippen LogP contribution in [-0.4, -0.2) is 23.4 Å². The molecule has 128 valence electrons. The molecule has 0 spiro atoms. The highest BCUT2D eigenvalue weighted by atomic mass is 35.5.